The van der Waals surface area contributed by atoms with Crippen LogP contribution in [0.3, 0.4) is 0 Å². The summed E-state index contributed by atoms with van der Waals surface area (Å²) in [6.45, 7) is 6.36. The number of pyridine rings is 1. The highest BCUT2D eigenvalue weighted by Gasteiger charge is 2.32. The van der Waals surface area contributed by atoms with Gasteiger partial charge in [0.1, 0.15) is 17.2 Å². The number of halogens is 3. The summed E-state index contributed by atoms with van der Waals surface area (Å²) in [4.78, 5) is 18.3. The molecule has 0 saturated carbocycles. The van der Waals surface area contributed by atoms with Gasteiger partial charge in [-0.05, 0) is 70.0 Å². The van der Waals surface area contributed by atoms with Gasteiger partial charge in [-0.3, -0.25) is 4.98 Å². The van der Waals surface area contributed by atoms with Crippen LogP contribution in [0.25, 0.3) is 16.6 Å². The first kappa shape index (κ1) is 25.6. The van der Waals surface area contributed by atoms with Gasteiger partial charge in [0.15, 0.2) is 17.4 Å². The lowest BCUT2D eigenvalue weighted by molar-refractivity contribution is 0.0197. The Morgan fingerprint density at radius 2 is 1.79 bits per heavy atom. The second kappa shape index (κ2) is 10.00. The van der Waals surface area contributed by atoms with Gasteiger partial charge >= 0.3 is 6.09 Å². The first-order valence-electron chi connectivity index (χ1n) is 12.3. The zero-order chi connectivity index (χ0) is 27.0. The number of aromatic nitrogens is 3. The molecule has 3 heterocycles. The highest BCUT2D eigenvalue weighted by Crippen LogP contribution is 2.35. The second-order valence-corrected chi connectivity index (χ2v) is 10.2. The summed E-state index contributed by atoms with van der Waals surface area (Å²) in [6.07, 6.45) is 3.75. The zero-order valence-electron chi connectivity index (χ0n) is 21.2. The average molecular weight is 525 g/mol. The molecular weight excluding hydrogens is 497 g/mol. The van der Waals surface area contributed by atoms with Gasteiger partial charge < -0.3 is 14.4 Å². The zero-order valence-corrected chi connectivity index (χ0v) is 21.2. The van der Waals surface area contributed by atoms with Crippen molar-refractivity contribution in [2.45, 2.75) is 45.1 Å². The second-order valence-electron chi connectivity index (χ2n) is 10.2. The number of nitrogens with zero attached hydrogens (tertiary/aromatic N) is 4. The third-order valence-corrected chi connectivity index (χ3v) is 6.23. The summed E-state index contributed by atoms with van der Waals surface area (Å²) in [5, 5.41) is 5.10. The van der Waals surface area contributed by atoms with Crippen LogP contribution in [0.1, 0.15) is 45.2 Å². The number of carbonyl (C=O) groups is 1. The van der Waals surface area contributed by atoms with Crippen LogP contribution in [-0.2, 0) is 4.74 Å². The standard InChI is InChI=1S/C28H27F3N4O3/c1-28(2,3)38-27(36)34-12-4-5-17(16-34)26-25-22(31)14-32-15-23(25)35(33-26)19-7-9-20(10-8-19)37-24-13-18(29)6-11-21(24)30/h6-11,13-15,17H,4-5,12,16H2,1-3H3. The quantitative estimate of drug-likeness (QED) is 0.296. The molecule has 1 unspecified atom stereocenters. The molecule has 5 rings (SSSR count). The first-order chi connectivity index (χ1) is 18.1. The Morgan fingerprint density at radius 3 is 2.53 bits per heavy atom. The number of amides is 1. The van der Waals surface area contributed by atoms with Crippen molar-refractivity contribution in [3.8, 4) is 17.2 Å². The smallest absolute Gasteiger partial charge is 0.410 e. The van der Waals surface area contributed by atoms with Gasteiger partial charge in [0.25, 0.3) is 0 Å². The molecule has 1 atom stereocenters. The van der Waals surface area contributed by atoms with Crippen LogP contribution < -0.4 is 4.74 Å². The third kappa shape index (κ3) is 5.29. The number of benzene rings is 2. The minimum atomic E-state index is -0.687. The van der Waals surface area contributed by atoms with Gasteiger partial charge in [-0.2, -0.15) is 5.10 Å². The largest absolute Gasteiger partial charge is 0.454 e. The van der Waals surface area contributed by atoms with Gasteiger partial charge in [0.2, 0.25) is 0 Å². The average Bonchev–Trinajstić information content (AvgIpc) is 3.27. The molecule has 0 N–H and O–H groups in total. The maximum atomic E-state index is 15.1. The van der Waals surface area contributed by atoms with Gasteiger partial charge in [-0.1, -0.05) is 0 Å². The summed E-state index contributed by atoms with van der Waals surface area (Å²) in [5.74, 6) is -1.94. The van der Waals surface area contributed by atoms with E-state index in [-0.39, 0.29) is 11.7 Å². The molecule has 198 valence electrons. The molecule has 0 aliphatic carbocycles. The Morgan fingerprint density at radius 1 is 1.03 bits per heavy atom. The Bertz CT molecular complexity index is 1480. The van der Waals surface area contributed by atoms with Crippen LogP contribution in [0.4, 0.5) is 18.0 Å². The highest BCUT2D eigenvalue weighted by atomic mass is 19.1. The lowest BCUT2D eigenvalue weighted by atomic mass is 9.93. The number of likely N-dealkylation sites (tertiary alicyclic amines) is 1. The van der Waals surface area contributed by atoms with Crippen molar-refractivity contribution < 1.29 is 27.4 Å². The SMILES string of the molecule is CC(C)(C)OC(=O)N1CCCC(c2nn(-c3ccc(Oc4cc(F)ccc4F)cc3)c3cncc(F)c23)C1. The molecule has 7 nitrogen and oxygen atoms in total. The predicted octanol–water partition coefficient (Wildman–Crippen LogP) is 6.74. The molecule has 1 amide bonds. The van der Waals surface area contributed by atoms with Crippen molar-refractivity contribution in [1.29, 1.82) is 0 Å². The topological polar surface area (TPSA) is 69.5 Å². The molecule has 0 bridgehead atoms. The summed E-state index contributed by atoms with van der Waals surface area (Å²) < 4.78 is 55.1. The molecule has 2 aromatic heterocycles. The Balaban J connectivity index is 1.45. The van der Waals surface area contributed by atoms with E-state index in [4.69, 9.17) is 14.6 Å². The van der Waals surface area contributed by atoms with Crippen LogP contribution in [0.15, 0.2) is 54.9 Å². The van der Waals surface area contributed by atoms with Crippen LogP contribution in [0.5, 0.6) is 11.5 Å². The van der Waals surface area contributed by atoms with E-state index in [1.54, 1.807) is 33.8 Å². The van der Waals surface area contributed by atoms with E-state index in [9.17, 15) is 13.6 Å². The van der Waals surface area contributed by atoms with Crippen molar-refractivity contribution in [3.63, 3.8) is 0 Å². The minimum absolute atomic E-state index is 0.199. The number of carbonyl (C=O) groups excluding carboxylic acids is 1. The Hall–Kier alpha value is -4.08. The molecule has 0 spiro atoms. The fourth-order valence-electron chi connectivity index (χ4n) is 4.56. The molecule has 10 heteroatoms. The highest BCUT2D eigenvalue weighted by molar-refractivity contribution is 5.84. The molecule has 1 saturated heterocycles. The molecule has 38 heavy (non-hydrogen) atoms. The fraction of sp³-hybridized carbons (Fsp3) is 0.321. The summed E-state index contributed by atoms with van der Waals surface area (Å²) in [7, 11) is 0. The molecule has 1 fully saturated rings. The normalized spacial score (nSPS) is 16.1. The van der Waals surface area contributed by atoms with E-state index >= 15 is 4.39 Å². The number of rotatable bonds is 4. The Kier molecular flexibility index (Phi) is 6.73. The minimum Gasteiger partial charge on any atom is -0.454 e. The number of hydrogen-bond donors (Lipinski definition) is 0. The summed E-state index contributed by atoms with van der Waals surface area (Å²) in [6, 6.07) is 9.51. The first-order valence-corrected chi connectivity index (χ1v) is 12.3. The lowest BCUT2D eigenvalue weighted by Crippen LogP contribution is -2.42. The van der Waals surface area contributed by atoms with Crippen LogP contribution in [0, 0.1) is 17.5 Å². The predicted molar refractivity (Wildman–Crippen MR) is 135 cm³/mol. The molecule has 4 aromatic rings. The van der Waals surface area contributed by atoms with Crippen LogP contribution in [-0.4, -0.2) is 44.4 Å². The summed E-state index contributed by atoms with van der Waals surface area (Å²) in [5.41, 5.74) is 0.988. The fourth-order valence-corrected chi connectivity index (χ4v) is 4.56. The molecular formula is C28H27F3N4O3. The number of piperidine rings is 1. The molecule has 0 radical (unpaired) electrons. The van der Waals surface area contributed by atoms with Gasteiger partial charge in [0.05, 0.1) is 34.7 Å². The lowest BCUT2D eigenvalue weighted by Gasteiger charge is -2.33. The maximum absolute atomic E-state index is 15.1. The van der Waals surface area contributed by atoms with E-state index in [0.29, 0.717) is 41.1 Å². The van der Waals surface area contributed by atoms with Gasteiger partial charge in [0, 0.05) is 25.1 Å². The summed E-state index contributed by atoms with van der Waals surface area (Å²) >= 11 is 0. The third-order valence-electron chi connectivity index (χ3n) is 6.23. The van der Waals surface area contributed by atoms with Crippen molar-refractivity contribution in [3.05, 3.63) is 78.0 Å². The Labute approximate surface area is 217 Å². The number of hydrogen-bond acceptors (Lipinski definition) is 5. The monoisotopic (exact) mass is 524 g/mol. The van der Waals surface area contributed by atoms with Crippen LogP contribution >= 0.6 is 0 Å². The molecule has 1 aliphatic rings. The van der Waals surface area contributed by atoms with E-state index < -0.39 is 29.1 Å². The van der Waals surface area contributed by atoms with Crippen molar-refractivity contribution in [2.24, 2.45) is 0 Å². The maximum Gasteiger partial charge on any atom is 0.410 e. The number of fused-ring (bicyclic) bond motifs is 1. The van der Waals surface area contributed by atoms with Crippen molar-refractivity contribution >= 4 is 17.0 Å². The van der Waals surface area contributed by atoms with E-state index in [0.717, 1.165) is 37.2 Å². The molecule has 1 aliphatic heterocycles. The van der Waals surface area contributed by atoms with E-state index in [1.807, 2.05) is 20.8 Å². The van der Waals surface area contributed by atoms with Gasteiger partial charge in [-0.15, -0.1) is 0 Å². The molecule has 2 aromatic carbocycles. The number of ether oxygens (including phenoxy) is 2. The van der Waals surface area contributed by atoms with E-state index in [1.165, 1.54) is 6.20 Å². The van der Waals surface area contributed by atoms with Gasteiger partial charge in [-0.25, -0.2) is 22.6 Å². The van der Waals surface area contributed by atoms with Crippen molar-refractivity contribution in [2.75, 3.05) is 13.1 Å². The van der Waals surface area contributed by atoms with Crippen LogP contribution in [0.2, 0.25) is 0 Å². The van der Waals surface area contributed by atoms with E-state index in [2.05, 4.69) is 4.98 Å². The van der Waals surface area contributed by atoms with Crippen molar-refractivity contribution in [1.82, 2.24) is 19.7 Å².